The van der Waals surface area contributed by atoms with Crippen LogP contribution in [0.3, 0.4) is 0 Å². The SMILES string of the molecule is CCC(N)Cc1nc(-c2ccc(F)cc2Br)cs1. The molecule has 2 aromatic rings. The smallest absolute Gasteiger partial charge is 0.124 e. The van der Waals surface area contributed by atoms with Crippen molar-refractivity contribution in [2.45, 2.75) is 25.8 Å². The van der Waals surface area contributed by atoms with Gasteiger partial charge in [-0.1, -0.05) is 6.92 Å². The van der Waals surface area contributed by atoms with Gasteiger partial charge in [-0.05, 0) is 40.5 Å². The van der Waals surface area contributed by atoms with Crippen LogP contribution in [0.25, 0.3) is 11.3 Å². The van der Waals surface area contributed by atoms with Crippen LogP contribution in [0.15, 0.2) is 28.1 Å². The summed E-state index contributed by atoms with van der Waals surface area (Å²) in [4.78, 5) is 4.54. The van der Waals surface area contributed by atoms with Gasteiger partial charge in [0, 0.05) is 27.9 Å². The molecule has 0 aliphatic rings. The molecule has 0 aliphatic heterocycles. The number of aromatic nitrogens is 1. The number of hydrogen-bond donors (Lipinski definition) is 1. The molecular weight excluding hydrogens is 315 g/mol. The molecule has 0 saturated carbocycles. The molecule has 0 radical (unpaired) electrons. The second-order valence-electron chi connectivity index (χ2n) is 4.12. The van der Waals surface area contributed by atoms with Gasteiger partial charge in [-0.25, -0.2) is 9.37 Å². The Balaban J connectivity index is 2.24. The van der Waals surface area contributed by atoms with Crippen molar-refractivity contribution in [2.24, 2.45) is 5.73 Å². The molecule has 0 amide bonds. The van der Waals surface area contributed by atoms with Crippen LogP contribution in [-0.2, 0) is 6.42 Å². The Hall–Kier alpha value is -0.780. The minimum Gasteiger partial charge on any atom is -0.327 e. The topological polar surface area (TPSA) is 38.9 Å². The van der Waals surface area contributed by atoms with Gasteiger partial charge in [0.2, 0.25) is 0 Å². The molecule has 2 N–H and O–H groups in total. The van der Waals surface area contributed by atoms with Gasteiger partial charge in [-0.2, -0.15) is 0 Å². The molecule has 0 saturated heterocycles. The lowest BCUT2D eigenvalue weighted by Gasteiger charge is -2.04. The van der Waals surface area contributed by atoms with E-state index >= 15 is 0 Å². The zero-order chi connectivity index (χ0) is 13.1. The van der Waals surface area contributed by atoms with Crippen LogP contribution in [0.2, 0.25) is 0 Å². The maximum absolute atomic E-state index is 13.0. The van der Waals surface area contributed by atoms with Crippen LogP contribution >= 0.6 is 27.3 Å². The molecule has 96 valence electrons. The van der Waals surface area contributed by atoms with E-state index in [0.29, 0.717) is 0 Å². The Morgan fingerprint density at radius 2 is 2.28 bits per heavy atom. The van der Waals surface area contributed by atoms with E-state index in [4.69, 9.17) is 5.73 Å². The summed E-state index contributed by atoms with van der Waals surface area (Å²) < 4.78 is 13.7. The third kappa shape index (κ3) is 3.16. The summed E-state index contributed by atoms with van der Waals surface area (Å²) in [6.45, 7) is 2.07. The summed E-state index contributed by atoms with van der Waals surface area (Å²) in [5.41, 5.74) is 7.68. The minimum absolute atomic E-state index is 0.153. The first-order chi connectivity index (χ1) is 8.60. The van der Waals surface area contributed by atoms with Crippen molar-refractivity contribution in [2.75, 3.05) is 0 Å². The van der Waals surface area contributed by atoms with Gasteiger partial charge in [0.25, 0.3) is 0 Å². The molecule has 0 spiro atoms. The van der Waals surface area contributed by atoms with Crippen LogP contribution in [0, 0.1) is 5.82 Å². The third-order valence-electron chi connectivity index (χ3n) is 2.72. The highest BCUT2D eigenvalue weighted by Crippen LogP contribution is 2.30. The van der Waals surface area contributed by atoms with Gasteiger partial charge in [0.1, 0.15) is 5.82 Å². The fraction of sp³-hybridized carbons (Fsp3) is 0.308. The predicted molar refractivity (Wildman–Crippen MR) is 77.2 cm³/mol. The molecule has 1 heterocycles. The molecule has 1 aromatic carbocycles. The number of nitrogens with zero attached hydrogens (tertiary/aromatic N) is 1. The third-order valence-corrected chi connectivity index (χ3v) is 4.25. The van der Waals surface area contributed by atoms with E-state index in [2.05, 4.69) is 27.8 Å². The van der Waals surface area contributed by atoms with Gasteiger partial charge in [0.15, 0.2) is 0 Å². The van der Waals surface area contributed by atoms with E-state index in [-0.39, 0.29) is 11.9 Å². The Bertz CT molecular complexity index is 542. The minimum atomic E-state index is -0.255. The summed E-state index contributed by atoms with van der Waals surface area (Å²) in [7, 11) is 0. The van der Waals surface area contributed by atoms with E-state index in [9.17, 15) is 4.39 Å². The number of benzene rings is 1. The molecule has 2 nitrogen and oxygen atoms in total. The van der Waals surface area contributed by atoms with Crippen molar-refractivity contribution in [3.05, 3.63) is 38.9 Å². The lowest BCUT2D eigenvalue weighted by atomic mass is 10.1. The number of thiazole rings is 1. The second kappa shape index (κ2) is 5.91. The highest BCUT2D eigenvalue weighted by Gasteiger charge is 2.10. The molecule has 2 rings (SSSR count). The van der Waals surface area contributed by atoms with Crippen LogP contribution in [0.5, 0.6) is 0 Å². The van der Waals surface area contributed by atoms with Gasteiger partial charge in [0.05, 0.1) is 10.7 Å². The fourth-order valence-electron chi connectivity index (χ4n) is 1.59. The average Bonchev–Trinajstić information content (AvgIpc) is 2.77. The molecule has 0 aliphatic carbocycles. The number of rotatable bonds is 4. The molecule has 0 fully saturated rings. The molecule has 1 unspecified atom stereocenters. The quantitative estimate of drug-likeness (QED) is 0.921. The molecular formula is C13H14BrFN2S. The molecule has 0 bridgehead atoms. The van der Waals surface area contributed by atoms with Crippen molar-refractivity contribution < 1.29 is 4.39 Å². The largest absolute Gasteiger partial charge is 0.327 e. The van der Waals surface area contributed by atoms with Crippen LogP contribution < -0.4 is 5.73 Å². The van der Waals surface area contributed by atoms with Gasteiger partial charge in [-0.3, -0.25) is 0 Å². The van der Waals surface area contributed by atoms with E-state index in [1.54, 1.807) is 17.4 Å². The Kier molecular flexibility index (Phi) is 4.48. The maximum Gasteiger partial charge on any atom is 0.124 e. The molecule has 1 aromatic heterocycles. The zero-order valence-corrected chi connectivity index (χ0v) is 12.4. The average molecular weight is 329 g/mol. The first-order valence-electron chi connectivity index (χ1n) is 5.75. The lowest BCUT2D eigenvalue weighted by Crippen LogP contribution is -2.21. The Morgan fingerprint density at radius 3 is 2.94 bits per heavy atom. The normalized spacial score (nSPS) is 12.7. The summed E-state index contributed by atoms with van der Waals surface area (Å²) in [6, 6.07) is 4.78. The zero-order valence-electron chi connectivity index (χ0n) is 9.99. The fourth-order valence-corrected chi connectivity index (χ4v) is 3.04. The summed E-state index contributed by atoms with van der Waals surface area (Å²) in [5, 5.41) is 3.01. The van der Waals surface area contributed by atoms with Crippen molar-refractivity contribution in [3.63, 3.8) is 0 Å². The van der Waals surface area contributed by atoms with Crippen LogP contribution in [-0.4, -0.2) is 11.0 Å². The number of halogens is 2. The Morgan fingerprint density at radius 1 is 1.50 bits per heavy atom. The van der Waals surface area contributed by atoms with E-state index in [0.717, 1.165) is 33.6 Å². The molecule has 1 atom stereocenters. The summed E-state index contributed by atoms with van der Waals surface area (Å²) >= 11 is 4.95. The lowest BCUT2D eigenvalue weighted by molar-refractivity contribution is 0.627. The van der Waals surface area contributed by atoms with E-state index in [1.165, 1.54) is 12.1 Å². The number of hydrogen-bond acceptors (Lipinski definition) is 3. The highest BCUT2D eigenvalue weighted by molar-refractivity contribution is 9.10. The van der Waals surface area contributed by atoms with Crippen molar-refractivity contribution >= 4 is 27.3 Å². The maximum atomic E-state index is 13.0. The first-order valence-corrected chi connectivity index (χ1v) is 7.42. The number of nitrogens with two attached hydrogens (primary N) is 1. The van der Waals surface area contributed by atoms with Gasteiger partial charge < -0.3 is 5.73 Å². The van der Waals surface area contributed by atoms with E-state index < -0.39 is 0 Å². The first kappa shape index (κ1) is 13.6. The van der Waals surface area contributed by atoms with Gasteiger partial charge in [-0.15, -0.1) is 11.3 Å². The standard InChI is InChI=1S/C13H14BrFN2S/c1-2-9(16)6-13-17-12(7-18-13)10-4-3-8(15)5-11(10)14/h3-5,7,9H,2,6,16H2,1H3. The van der Waals surface area contributed by atoms with E-state index in [1.807, 2.05) is 5.38 Å². The van der Waals surface area contributed by atoms with Crippen molar-refractivity contribution in [1.82, 2.24) is 4.98 Å². The monoisotopic (exact) mass is 328 g/mol. The second-order valence-corrected chi connectivity index (χ2v) is 5.92. The molecule has 5 heteroatoms. The van der Waals surface area contributed by atoms with Crippen LogP contribution in [0.4, 0.5) is 4.39 Å². The predicted octanol–water partition coefficient (Wildman–Crippen LogP) is 3.99. The Labute approximate surface area is 118 Å². The highest BCUT2D eigenvalue weighted by atomic mass is 79.9. The summed E-state index contributed by atoms with van der Waals surface area (Å²) in [5.74, 6) is -0.255. The van der Waals surface area contributed by atoms with Crippen molar-refractivity contribution in [3.8, 4) is 11.3 Å². The molecule has 18 heavy (non-hydrogen) atoms. The van der Waals surface area contributed by atoms with Gasteiger partial charge >= 0.3 is 0 Å². The van der Waals surface area contributed by atoms with Crippen molar-refractivity contribution in [1.29, 1.82) is 0 Å². The summed E-state index contributed by atoms with van der Waals surface area (Å²) in [6.07, 6.45) is 1.73. The van der Waals surface area contributed by atoms with Crippen LogP contribution in [0.1, 0.15) is 18.4 Å².